The lowest BCUT2D eigenvalue weighted by atomic mass is 9.78. The van der Waals surface area contributed by atoms with Crippen molar-refractivity contribution in [3.63, 3.8) is 0 Å². The van der Waals surface area contributed by atoms with Crippen molar-refractivity contribution in [1.82, 2.24) is 10.6 Å². The Labute approximate surface area is 310 Å². The van der Waals surface area contributed by atoms with Crippen molar-refractivity contribution >= 4 is 50.2 Å². The predicted molar refractivity (Wildman–Crippen MR) is 220 cm³/mol. The van der Waals surface area contributed by atoms with Crippen molar-refractivity contribution in [2.45, 2.75) is 70.6 Å². The number of rotatable bonds is 11. The fraction of sp³-hybridized carbons (Fsp3) is 0.370. The van der Waals surface area contributed by atoms with Crippen LogP contribution in [-0.2, 0) is 10.8 Å². The smallest absolute Gasteiger partial charge is 0.210 e. The number of nitrogens with zero attached hydrogens (tertiary/aromatic N) is 2. The molecule has 7 rings (SSSR count). The Kier molecular flexibility index (Phi) is 10.1. The molecule has 0 saturated heterocycles. The van der Waals surface area contributed by atoms with Crippen LogP contribution in [0, 0.1) is 0 Å². The molecule has 0 fully saturated rings. The predicted octanol–water partition coefficient (Wildman–Crippen LogP) is 10.4. The molecule has 2 heterocycles. The van der Waals surface area contributed by atoms with E-state index >= 15 is 0 Å². The van der Waals surface area contributed by atoms with Gasteiger partial charge in [0.2, 0.25) is 5.69 Å². The summed E-state index contributed by atoms with van der Waals surface area (Å²) in [7, 11) is 4.07. The van der Waals surface area contributed by atoms with E-state index in [-0.39, 0.29) is 10.8 Å². The van der Waals surface area contributed by atoms with Crippen LogP contribution in [0.25, 0.3) is 21.5 Å². The third kappa shape index (κ3) is 6.41. The van der Waals surface area contributed by atoms with Gasteiger partial charge in [0.15, 0.2) is 12.3 Å². The second-order valence-electron chi connectivity index (χ2n) is 15.5. The molecule has 4 aromatic rings. The van der Waals surface area contributed by atoms with E-state index in [4.69, 9.17) is 11.6 Å². The molecule has 5 heteroatoms. The minimum atomic E-state index is -0.138. The lowest BCUT2D eigenvalue weighted by Crippen LogP contribution is -2.28. The van der Waals surface area contributed by atoms with E-state index in [1.54, 1.807) is 0 Å². The Morgan fingerprint density at radius 1 is 0.745 bits per heavy atom. The number of benzene rings is 4. The molecule has 0 radical (unpaired) electrons. The largest absolute Gasteiger partial charge is 0.344 e. The Morgan fingerprint density at radius 3 is 2.14 bits per heavy atom. The van der Waals surface area contributed by atoms with Crippen molar-refractivity contribution in [3.8, 4) is 0 Å². The molecule has 0 spiro atoms. The van der Waals surface area contributed by atoms with Crippen LogP contribution in [0.3, 0.4) is 0 Å². The monoisotopic (exact) mass is 697 g/mol. The SMILES string of the molecule is CNCCCN1/C(=C/C=C2\CCCC(/C=C/C3=[N+](CCCNC)c4ccc5ccccc5c4C3(C)C)=C2Cl)C(C)(C)c2c1ccc1ccccc21. The van der Waals surface area contributed by atoms with Gasteiger partial charge in [-0.1, -0.05) is 92.2 Å². The quantitative estimate of drug-likeness (QED) is 0.121. The van der Waals surface area contributed by atoms with Crippen molar-refractivity contribution < 1.29 is 4.58 Å². The first-order valence-corrected chi connectivity index (χ1v) is 19.3. The lowest BCUT2D eigenvalue weighted by Gasteiger charge is -2.27. The maximum Gasteiger partial charge on any atom is 0.210 e. The van der Waals surface area contributed by atoms with Gasteiger partial charge >= 0.3 is 0 Å². The summed E-state index contributed by atoms with van der Waals surface area (Å²) >= 11 is 7.35. The van der Waals surface area contributed by atoms with Crippen molar-refractivity contribution in [2.75, 3.05) is 45.2 Å². The van der Waals surface area contributed by atoms with Gasteiger partial charge in [0, 0.05) is 59.0 Å². The number of fused-ring (bicyclic) bond motifs is 6. The van der Waals surface area contributed by atoms with Gasteiger partial charge in [-0.05, 0) is 117 Å². The normalized spacial score (nSPS) is 19.8. The average molecular weight is 698 g/mol. The molecule has 2 N–H and O–H groups in total. The Morgan fingerprint density at radius 2 is 1.41 bits per heavy atom. The summed E-state index contributed by atoms with van der Waals surface area (Å²) in [5.41, 5.74) is 10.4. The zero-order valence-electron chi connectivity index (χ0n) is 31.4. The molecule has 4 nitrogen and oxygen atoms in total. The standard InChI is InChI=1S/C46H54ClN4/c1-45(2)40(50(30-12-28-48-5)38-24-20-32-14-7-9-18-36(32)42(38)45)26-22-34-16-11-17-35(44(34)47)23-27-41-46(3,4)43-37-19-10-8-15-33(37)21-25-39(43)51(41)31-13-29-49-6/h7-10,14-15,18-27,48-49H,11-13,16-17,28-31H2,1-6H3/q+1. The van der Waals surface area contributed by atoms with Gasteiger partial charge in [0.25, 0.3) is 0 Å². The van der Waals surface area contributed by atoms with Gasteiger partial charge in [-0.3, -0.25) is 0 Å². The average Bonchev–Trinajstić information content (AvgIpc) is 3.49. The molecule has 2 aliphatic heterocycles. The number of hydrogen-bond acceptors (Lipinski definition) is 3. The molecule has 1 aliphatic carbocycles. The third-order valence-corrected chi connectivity index (χ3v) is 12.0. The Hall–Kier alpha value is -3.96. The molecule has 3 aliphatic rings. The number of hydrogen-bond donors (Lipinski definition) is 2. The zero-order valence-corrected chi connectivity index (χ0v) is 32.1. The van der Waals surface area contributed by atoms with Crippen LogP contribution in [-0.4, -0.2) is 50.6 Å². The van der Waals surface area contributed by atoms with E-state index in [0.29, 0.717) is 0 Å². The topological polar surface area (TPSA) is 30.3 Å². The number of nitrogens with one attached hydrogen (secondary N) is 2. The van der Waals surface area contributed by atoms with E-state index in [0.717, 1.165) is 63.3 Å². The van der Waals surface area contributed by atoms with Crippen molar-refractivity contribution in [1.29, 1.82) is 0 Å². The first-order valence-electron chi connectivity index (χ1n) is 18.9. The van der Waals surface area contributed by atoms with Crippen LogP contribution in [0.15, 0.2) is 119 Å². The number of allylic oxidation sites excluding steroid dienone is 8. The highest BCUT2D eigenvalue weighted by atomic mass is 35.5. The van der Waals surface area contributed by atoms with E-state index in [1.807, 2.05) is 14.1 Å². The van der Waals surface area contributed by atoms with E-state index < -0.39 is 0 Å². The van der Waals surface area contributed by atoms with Gasteiger partial charge in [-0.25, -0.2) is 0 Å². The highest BCUT2D eigenvalue weighted by Gasteiger charge is 2.45. The van der Waals surface area contributed by atoms with Crippen LogP contribution in [0.4, 0.5) is 11.4 Å². The maximum absolute atomic E-state index is 7.35. The summed E-state index contributed by atoms with van der Waals surface area (Å²) in [6.07, 6.45) is 14.6. The zero-order chi connectivity index (χ0) is 35.8. The summed E-state index contributed by atoms with van der Waals surface area (Å²) in [6, 6.07) is 26.9. The van der Waals surface area contributed by atoms with Crippen molar-refractivity contribution in [2.24, 2.45) is 0 Å². The highest BCUT2D eigenvalue weighted by molar-refractivity contribution is 6.32. The molecular formula is C46H54ClN4+. The Balaban J connectivity index is 1.25. The maximum atomic E-state index is 7.35. The van der Waals surface area contributed by atoms with E-state index in [1.165, 1.54) is 66.6 Å². The van der Waals surface area contributed by atoms with Gasteiger partial charge in [0.05, 0.1) is 5.41 Å². The molecule has 0 bridgehead atoms. The van der Waals surface area contributed by atoms with Crippen LogP contribution >= 0.6 is 11.6 Å². The molecule has 0 atom stereocenters. The molecule has 264 valence electrons. The van der Waals surface area contributed by atoms with Crippen molar-refractivity contribution in [3.05, 3.63) is 130 Å². The molecule has 0 unspecified atom stereocenters. The fourth-order valence-electron chi connectivity index (χ4n) is 8.95. The van der Waals surface area contributed by atoms with Crippen LogP contribution in [0.2, 0.25) is 0 Å². The first-order chi connectivity index (χ1) is 24.7. The van der Waals surface area contributed by atoms with Crippen LogP contribution < -0.4 is 15.5 Å². The van der Waals surface area contributed by atoms with Gasteiger partial charge in [0.1, 0.15) is 0 Å². The van der Waals surface area contributed by atoms with E-state index in [9.17, 15) is 0 Å². The highest BCUT2D eigenvalue weighted by Crippen LogP contribution is 2.51. The molecule has 0 amide bonds. The van der Waals surface area contributed by atoms with Gasteiger partial charge in [-0.15, -0.1) is 0 Å². The molecule has 4 aromatic carbocycles. The minimum Gasteiger partial charge on any atom is -0.344 e. The minimum absolute atomic E-state index is 0.138. The summed E-state index contributed by atoms with van der Waals surface area (Å²) in [6.45, 7) is 13.5. The Bertz CT molecular complexity index is 2130. The molecule has 51 heavy (non-hydrogen) atoms. The summed E-state index contributed by atoms with van der Waals surface area (Å²) in [5.74, 6) is 0. The fourth-order valence-corrected chi connectivity index (χ4v) is 9.26. The second kappa shape index (κ2) is 14.6. The summed E-state index contributed by atoms with van der Waals surface area (Å²) < 4.78 is 2.56. The third-order valence-electron chi connectivity index (χ3n) is 11.5. The first kappa shape index (κ1) is 35.4. The van der Waals surface area contributed by atoms with E-state index in [2.05, 4.69) is 145 Å². The summed E-state index contributed by atoms with van der Waals surface area (Å²) in [5, 5.41) is 12.9. The summed E-state index contributed by atoms with van der Waals surface area (Å²) in [4.78, 5) is 2.56. The number of halogens is 1. The lowest BCUT2D eigenvalue weighted by molar-refractivity contribution is -0.437. The molecular weight excluding hydrogens is 644 g/mol. The van der Waals surface area contributed by atoms with Gasteiger partial charge in [-0.2, -0.15) is 4.58 Å². The molecule has 0 saturated carbocycles. The van der Waals surface area contributed by atoms with Gasteiger partial charge < -0.3 is 15.5 Å². The second-order valence-corrected chi connectivity index (χ2v) is 15.9. The molecule has 0 aromatic heterocycles. The van der Waals surface area contributed by atoms with Crippen LogP contribution in [0.5, 0.6) is 0 Å². The number of anilines is 1. The van der Waals surface area contributed by atoms with Crippen LogP contribution in [0.1, 0.15) is 70.9 Å².